The van der Waals surface area contributed by atoms with E-state index < -0.39 is 0 Å². The summed E-state index contributed by atoms with van der Waals surface area (Å²) >= 11 is 0. The molecule has 146 valence electrons. The molecule has 0 bridgehead atoms. The van der Waals surface area contributed by atoms with E-state index in [1.165, 1.54) is 32.1 Å². The van der Waals surface area contributed by atoms with Crippen molar-refractivity contribution in [1.82, 2.24) is 10.6 Å². The molecule has 2 fully saturated rings. The van der Waals surface area contributed by atoms with Gasteiger partial charge in [0.1, 0.15) is 0 Å². The molecule has 0 spiro atoms. The summed E-state index contributed by atoms with van der Waals surface area (Å²) in [7, 11) is 0. The molecule has 0 aliphatic heterocycles. The number of amides is 2. The Morgan fingerprint density at radius 3 is 2.24 bits per heavy atom. The maximum absolute atomic E-state index is 12.2. The standard InChI is InChI=1S/C19H35N3O2.ClH/c20-12-4-5-13-21-19(24)16-8-10-17(11-9-16)22-18(23)14-15-6-2-1-3-7-15;/h15-17H,1-14,20H2,(H,21,24)(H,22,23);1H. The largest absolute Gasteiger partial charge is 0.356 e. The summed E-state index contributed by atoms with van der Waals surface area (Å²) < 4.78 is 0. The number of nitrogens with one attached hydrogen (secondary N) is 2. The molecule has 0 unspecified atom stereocenters. The Bertz CT molecular complexity index is 392. The van der Waals surface area contributed by atoms with Crippen molar-refractivity contribution in [2.24, 2.45) is 17.6 Å². The van der Waals surface area contributed by atoms with E-state index in [0.717, 1.165) is 45.1 Å². The zero-order chi connectivity index (χ0) is 17.2. The van der Waals surface area contributed by atoms with Gasteiger partial charge < -0.3 is 16.4 Å². The summed E-state index contributed by atoms with van der Waals surface area (Å²) in [5.41, 5.74) is 5.45. The van der Waals surface area contributed by atoms with Crippen molar-refractivity contribution in [2.75, 3.05) is 13.1 Å². The Morgan fingerprint density at radius 2 is 1.60 bits per heavy atom. The first-order chi connectivity index (χ1) is 11.7. The van der Waals surface area contributed by atoms with E-state index >= 15 is 0 Å². The summed E-state index contributed by atoms with van der Waals surface area (Å²) in [6.45, 7) is 1.41. The number of unbranched alkanes of at least 4 members (excludes halogenated alkanes) is 1. The van der Waals surface area contributed by atoms with Crippen molar-refractivity contribution in [3.63, 3.8) is 0 Å². The van der Waals surface area contributed by atoms with E-state index in [2.05, 4.69) is 10.6 Å². The Labute approximate surface area is 158 Å². The van der Waals surface area contributed by atoms with Gasteiger partial charge in [-0.05, 0) is 63.8 Å². The molecule has 5 nitrogen and oxygen atoms in total. The van der Waals surface area contributed by atoms with Crippen LogP contribution in [0.3, 0.4) is 0 Å². The average molecular weight is 374 g/mol. The highest BCUT2D eigenvalue weighted by Crippen LogP contribution is 2.27. The molecule has 2 aliphatic rings. The number of hydrogen-bond acceptors (Lipinski definition) is 3. The van der Waals surface area contributed by atoms with Crippen molar-refractivity contribution in [1.29, 1.82) is 0 Å². The van der Waals surface area contributed by atoms with Gasteiger partial charge >= 0.3 is 0 Å². The van der Waals surface area contributed by atoms with E-state index in [4.69, 9.17) is 5.73 Å². The molecule has 0 heterocycles. The normalized spacial score (nSPS) is 24.2. The van der Waals surface area contributed by atoms with Crippen LogP contribution in [0.2, 0.25) is 0 Å². The second kappa shape index (κ2) is 12.5. The van der Waals surface area contributed by atoms with Crippen LogP contribution in [0.1, 0.15) is 77.0 Å². The average Bonchev–Trinajstić information content (AvgIpc) is 2.60. The van der Waals surface area contributed by atoms with Gasteiger partial charge in [-0.25, -0.2) is 0 Å². The van der Waals surface area contributed by atoms with Crippen molar-refractivity contribution in [3.8, 4) is 0 Å². The van der Waals surface area contributed by atoms with Crippen molar-refractivity contribution >= 4 is 24.2 Å². The molecular formula is C19H36ClN3O2. The predicted octanol–water partition coefficient (Wildman–Crippen LogP) is 2.91. The summed E-state index contributed by atoms with van der Waals surface area (Å²) in [6, 6.07) is 0.266. The van der Waals surface area contributed by atoms with Gasteiger partial charge in [-0.15, -0.1) is 12.4 Å². The van der Waals surface area contributed by atoms with Gasteiger partial charge in [-0.2, -0.15) is 0 Å². The molecular weight excluding hydrogens is 338 g/mol. The quantitative estimate of drug-likeness (QED) is 0.572. The van der Waals surface area contributed by atoms with Crippen LogP contribution in [-0.4, -0.2) is 30.9 Å². The van der Waals surface area contributed by atoms with E-state index in [1.54, 1.807) is 0 Å². The lowest BCUT2D eigenvalue weighted by atomic mass is 9.84. The first kappa shape index (κ1) is 22.2. The zero-order valence-corrected chi connectivity index (χ0v) is 16.3. The molecule has 2 rings (SSSR count). The Kier molecular flexibility index (Phi) is 11.1. The van der Waals surface area contributed by atoms with E-state index in [-0.39, 0.29) is 36.2 Å². The second-order valence-electron chi connectivity index (χ2n) is 7.61. The van der Waals surface area contributed by atoms with Crippen LogP contribution in [0.15, 0.2) is 0 Å². The van der Waals surface area contributed by atoms with Crippen LogP contribution in [0.5, 0.6) is 0 Å². The van der Waals surface area contributed by atoms with Gasteiger partial charge in [0.2, 0.25) is 11.8 Å². The van der Waals surface area contributed by atoms with Crippen LogP contribution in [0, 0.1) is 11.8 Å². The van der Waals surface area contributed by atoms with Gasteiger partial charge in [0.05, 0.1) is 0 Å². The number of carbonyl (C=O) groups excluding carboxylic acids is 2. The van der Waals surface area contributed by atoms with Crippen molar-refractivity contribution in [2.45, 2.75) is 83.1 Å². The summed E-state index contributed by atoms with van der Waals surface area (Å²) in [5.74, 6) is 1.11. The molecule has 2 saturated carbocycles. The molecule has 0 aromatic heterocycles. The van der Waals surface area contributed by atoms with E-state index in [1.807, 2.05) is 0 Å². The fourth-order valence-electron chi connectivity index (χ4n) is 4.07. The third kappa shape index (κ3) is 8.41. The van der Waals surface area contributed by atoms with Crippen molar-refractivity contribution in [3.05, 3.63) is 0 Å². The highest BCUT2D eigenvalue weighted by Gasteiger charge is 2.27. The molecule has 6 heteroatoms. The minimum atomic E-state index is 0. The predicted molar refractivity (Wildman–Crippen MR) is 104 cm³/mol. The fraction of sp³-hybridized carbons (Fsp3) is 0.895. The number of carbonyl (C=O) groups is 2. The monoisotopic (exact) mass is 373 g/mol. The first-order valence-electron chi connectivity index (χ1n) is 9.96. The highest BCUT2D eigenvalue weighted by molar-refractivity contribution is 5.85. The Hall–Kier alpha value is -0.810. The number of halogens is 1. The van der Waals surface area contributed by atoms with E-state index in [9.17, 15) is 9.59 Å². The zero-order valence-electron chi connectivity index (χ0n) is 15.4. The van der Waals surface area contributed by atoms with Gasteiger partial charge in [0.25, 0.3) is 0 Å². The van der Waals surface area contributed by atoms with Gasteiger partial charge in [0.15, 0.2) is 0 Å². The molecule has 2 aliphatic carbocycles. The van der Waals surface area contributed by atoms with Crippen LogP contribution >= 0.6 is 12.4 Å². The third-order valence-corrected chi connectivity index (χ3v) is 5.59. The van der Waals surface area contributed by atoms with Crippen LogP contribution in [-0.2, 0) is 9.59 Å². The molecule has 0 radical (unpaired) electrons. The molecule has 0 atom stereocenters. The minimum Gasteiger partial charge on any atom is -0.356 e. The maximum Gasteiger partial charge on any atom is 0.223 e. The SMILES string of the molecule is Cl.NCCCCNC(=O)C1CCC(NC(=O)CC2CCCCC2)CC1. The first-order valence-corrected chi connectivity index (χ1v) is 9.96. The molecule has 0 aromatic carbocycles. The van der Waals surface area contributed by atoms with Gasteiger partial charge in [-0.1, -0.05) is 19.3 Å². The lowest BCUT2D eigenvalue weighted by Crippen LogP contribution is -2.41. The molecule has 0 aromatic rings. The summed E-state index contributed by atoms with van der Waals surface area (Å²) in [5, 5.41) is 6.22. The van der Waals surface area contributed by atoms with Crippen molar-refractivity contribution < 1.29 is 9.59 Å². The number of nitrogens with two attached hydrogens (primary N) is 1. The smallest absolute Gasteiger partial charge is 0.223 e. The van der Waals surface area contributed by atoms with Crippen LogP contribution in [0.25, 0.3) is 0 Å². The summed E-state index contributed by atoms with van der Waals surface area (Å²) in [4.78, 5) is 24.3. The molecule has 0 saturated heterocycles. The number of hydrogen-bond donors (Lipinski definition) is 3. The summed E-state index contributed by atoms with van der Waals surface area (Å²) in [6.07, 6.45) is 12.6. The minimum absolute atomic E-state index is 0. The Balaban J connectivity index is 0.00000312. The van der Waals surface area contributed by atoms with Gasteiger partial charge in [0, 0.05) is 24.9 Å². The maximum atomic E-state index is 12.2. The molecule has 25 heavy (non-hydrogen) atoms. The fourth-order valence-corrected chi connectivity index (χ4v) is 4.07. The lowest BCUT2D eigenvalue weighted by Gasteiger charge is -2.29. The van der Waals surface area contributed by atoms with Crippen LogP contribution < -0.4 is 16.4 Å². The topological polar surface area (TPSA) is 84.2 Å². The molecule has 2 amide bonds. The van der Waals surface area contributed by atoms with Gasteiger partial charge in [-0.3, -0.25) is 9.59 Å². The second-order valence-corrected chi connectivity index (χ2v) is 7.61. The number of rotatable bonds is 8. The molecule has 4 N–H and O–H groups in total. The third-order valence-electron chi connectivity index (χ3n) is 5.59. The lowest BCUT2D eigenvalue weighted by molar-refractivity contribution is -0.126. The van der Waals surface area contributed by atoms with E-state index in [0.29, 0.717) is 18.9 Å². The van der Waals surface area contributed by atoms with Crippen LogP contribution in [0.4, 0.5) is 0 Å². The highest BCUT2D eigenvalue weighted by atomic mass is 35.5. The Morgan fingerprint density at radius 1 is 0.920 bits per heavy atom.